The molecule has 2 aromatic rings. The predicted molar refractivity (Wildman–Crippen MR) is 131 cm³/mol. The molecule has 3 aliphatic heterocycles. The van der Waals surface area contributed by atoms with Crippen LogP contribution >= 0.6 is 7.49 Å². The summed E-state index contributed by atoms with van der Waals surface area (Å²) in [4.78, 5) is 17.1. The van der Waals surface area contributed by atoms with E-state index >= 15 is 0 Å². The summed E-state index contributed by atoms with van der Waals surface area (Å²) in [5.74, 6) is 1.49. The number of hydrogen-bond acceptors (Lipinski definition) is 8. The third-order valence-corrected chi connectivity index (χ3v) is 9.92. The maximum atomic E-state index is 11.5. The third-order valence-electron chi connectivity index (χ3n) is 6.80. The molecular formula is C23H30N6O3P+. The summed E-state index contributed by atoms with van der Waals surface area (Å²) in [5, 5.41) is 20.4. The van der Waals surface area contributed by atoms with Gasteiger partial charge in [0, 0.05) is 38.1 Å². The Bertz CT molecular complexity index is 1100. The SMILES string of the molecule is CNC1=CC(Nc2ccc([P+]3(O)CCN(C4COC4)CC3)cc2OC)Nc2[nH]cc(C#N)c21. The molecule has 10 heteroatoms. The average molecular weight is 470 g/mol. The molecule has 3 aliphatic rings. The van der Waals surface area contributed by atoms with E-state index in [0.717, 1.165) is 66.7 Å². The molecule has 0 saturated carbocycles. The van der Waals surface area contributed by atoms with Crippen LogP contribution in [0.3, 0.4) is 0 Å². The van der Waals surface area contributed by atoms with Crippen molar-refractivity contribution in [3.05, 3.63) is 41.6 Å². The summed E-state index contributed by atoms with van der Waals surface area (Å²) < 4.78 is 11.0. The zero-order valence-electron chi connectivity index (χ0n) is 18.9. The molecule has 1 unspecified atom stereocenters. The van der Waals surface area contributed by atoms with E-state index in [1.54, 1.807) is 13.3 Å². The fourth-order valence-electron chi connectivity index (χ4n) is 4.73. The molecule has 9 nitrogen and oxygen atoms in total. The summed E-state index contributed by atoms with van der Waals surface area (Å²) in [6, 6.07) is 8.73. The van der Waals surface area contributed by atoms with E-state index in [-0.39, 0.29) is 6.17 Å². The van der Waals surface area contributed by atoms with Crippen molar-refractivity contribution in [3.8, 4) is 11.8 Å². The number of fused-ring (bicyclic) bond motifs is 1. The van der Waals surface area contributed by atoms with Crippen LogP contribution in [0.25, 0.3) is 5.70 Å². The highest BCUT2D eigenvalue weighted by Gasteiger charge is 2.45. The number of nitrogens with zero attached hydrogens (tertiary/aromatic N) is 2. The van der Waals surface area contributed by atoms with Crippen molar-refractivity contribution in [2.45, 2.75) is 12.2 Å². The second-order valence-electron chi connectivity index (χ2n) is 8.64. The maximum Gasteiger partial charge on any atom is 0.176 e. The average Bonchev–Trinajstić information content (AvgIpc) is 3.22. The lowest BCUT2D eigenvalue weighted by Crippen LogP contribution is -2.53. The largest absolute Gasteiger partial charge is 0.494 e. The summed E-state index contributed by atoms with van der Waals surface area (Å²) in [6.45, 7) is 3.44. The predicted octanol–water partition coefficient (Wildman–Crippen LogP) is 1.58. The number of nitriles is 1. The van der Waals surface area contributed by atoms with Crippen LogP contribution in [0.5, 0.6) is 5.75 Å². The van der Waals surface area contributed by atoms with E-state index in [0.29, 0.717) is 17.4 Å². The van der Waals surface area contributed by atoms with Gasteiger partial charge in [-0.15, -0.1) is 0 Å². The molecule has 1 atom stereocenters. The van der Waals surface area contributed by atoms with Gasteiger partial charge in [-0.3, -0.25) is 4.90 Å². The normalized spacial score (nSPS) is 22.2. The Morgan fingerprint density at radius 1 is 1.30 bits per heavy atom. The smallest absolute Gasteiger partial charge is 0.176 e. The van der Waals surface area contributed by atoms with E-state index in [1.165, 1.54) is 0 Å². The highest BCUT2D eigenvalue weighted by Crippen LogP contribution is 2.55. The first-order valence-corrected chi connectivity index (χ1v) is 13.3. The molecule has 1 aromatic heterocycles. The number of aromatic amines is 1. The molecule has 0 radical (unpaired) electrons. The van der Waals surface area contributed by atoms with Gasteiger partial charge in [0.15, 0.2) is 7.49 Å². The fraction of sp³-hybridized carbons (Fsp3) is 0.435. The molecule has 5 N–H and O–H groups in total. The Labute approximate surface area is 194 Å². The minimum atomic E-state index is -2.20. The molecule has 0 aliphatic carbocycles. The molecule has 4 heterocycles. The van der Waals surface area contributed by atoms with Crippen LogP contribution in [-0.2, 0) is 4.74 Å². The quantitative estimate of drug-likeness (QED) is 0.405. The van der Waals surface area contributed by atoms with Gasteiger partial charge in [-0.1, -0.05) is 0 Å². The summed E-state index contributed by atoms with van der Waals surface area (Å²) in [6.07, 6.45) is 5.10. The maximum absolute atomic E-state index is 11.5. The van der Waals surface area contributed by atoms with E-state index in [2.05, 4.69) is 31.9 Å². The molecule has 2 saturated heterocycles. The monoisotopic (exact) mass is 469 g/mol. The molecule has 33 heavy (non-hydrogen) atoms. The second-order valence-corrected chi connectivity index (χ2v) is 11.9. The van der Waals surface area contributed by atoms with Crippen molar-refractivity contribution in [2.24, 2.45) is 0 Å². The first-order chi connectivity index (χ1) is 16.0. The second kappa shape index (κ2) is 8.88. The van der Waals surface area contributed by atoms with E-state index < -0.39 is 7.49 Å². The summed E-state index contributed by atoms with van der Waals surface area (Å²) in [5.41, 5.74) is 3.13. The Morgan fingerprint density at radius 2 is 2.09 bits per heavy atom. The van der Waals surface area contributed by atoms with Gasteiger partial charge in [-0.05, 0) is 18.2 Å². The van der Waals surface area contributed by atoms with Crippen molar-refractivity contribution >= 4 is 30.0 Å². The standard InChI is InChI=1S/C23H30N6O3P/c1-25-19-10-21(28-23-22(19)15(11-24)12-26-23)27-18-4-3-17(9-20(18)31-2)33(30)7-5-29(6-8-33)16-13-32-14-16/h3-4,9-10,12,16,21,25-28,30H,5-8,13-14H2,1-2H3/q+1. The lowest BCUT2D eigenvalue weighted by Gasteiger charge is -2.41. The molecule has 0 spiro atoms. The number of benzene rings is 1. The van der Waals surface area contributed by atoms with Crippen LogP contribution in [0.4, 0.5) is 11.5 Å². The number of ether oxygens (including phenoxy) is 2. The Kier molecular flexibility index (Phi) is 5.94. The number of anilines is 2. The van der Waals surface area contributed by atoms with Gasteiger partial charge in [0.1, 0.15) is 41.4 Å². The van der Waals surface area contributed by atoms with Crippen LogP contribution in [0.15, 0.2) is 30.5 Å². The topological polar surface area (TPSA) is 118 Å². The molecule has 1 aromatic carbocycles. The number of methoxy groups -OCH3 is 1. The van der Waals surface area contributed by atoms with Gasteiger partial charge in [0.25, 0.3) is 0 Å². The first kappa shape index (κ1) is 22.1. The molecule has 0 bridgehead atoms. The molecule has 2 fully saturated rings. The third kappa shape index (κ3) is 4.04. The van der Waals surface area contributed by atoms with Crippen molar-refractivity contribution in [2.75, 3.05) is 63.4 Å². The molecule has 0 amide bonds. The van der Waals surface area contributed by atoms with Gasteiger partial charge in [0.2, 0.25) is 0 Å². The summed E-state index contributed by atoms with van der Waals surface area (Å²) in [7, 11) is 1.29. The van der Waals surface area contributed by atoms with E-state index in [1.807, 2.05) is 31.3 Å². The van der Waals surface area contributed by atoms with Crippen LogP contribution in [0.2, 0.25) is 0 Å². The number of aromatic nitrogens is 1. The van der Waals surface area contributed by atoms with Crippen molar-refractivity contribution in [3.63, 3.8) is 0 Å². The fourth-order valence-corrected chi connectivity index (χ4v) is 7.36. The van der Waals surface area contributed by atoms with Crippen molar-refractivity contribution in [1.29, 1.82) is 5.26 Å². The van der Waals surface area contributed by atoms with Crippen molar-refractivity contribution < 1.29 is 14.4 Å². The lowest BCUT2D eigenvalue weighted by atomic mass is 10.1. The first-order valence-electron chi connectivity index (χ1n) is 11.2. The molecule has 5 rings (SSSR count). The van der Waals surface area contributed by atoms with Crippen LogP contribution < -0.4 is 26.0 Å². The molecule has 174 valence electrons. The van der Waals surface area contributed by atoms with Gasteiger partial charge in [-0.2, -0.15) is 5.26 Å². The number of nitrogens with one attached hydrogen (secondary N) is 4. The highest BCUT2D eigenvalue weighted by molar-refractivity contribution is 7.77. The van der Waals surface area contributed by atoms with Gasteiger partial charge in [-0.25, -0.2) is 4.89 Å². The van der Waals surface area contributed by atoms with Crippen LogP contribution in [0, 0.1) is 11.3 Å². The van der Waals surface area contributed by atoms with Gasteiger partial charge >= 0.3 is 0 Å². The van der Waals surface area contributed by atoms with Gasteiger partial charge in [0.05, 0.1) is 43.2 Å². The van der Waals surface area contributed by atoms with E-state index in [4.69, 9.17) is 9.47 Å². The van der Waals surface area contributed by atoms with Crippen LogP contribution in [0.1, 0.15) is 11.1 Å². The van der Waals surface area contributed by atoms with Gasteiger partial charge < -0.3 is 30.4 Å². The minimum absolute atomic E-state index is 0.212. The number of hydrogen-bond donors (Lipinski definition) is 5. The highest BCUT2D eigenvalue weighted by atomic mass is 31.2. The Hall–Kier alpha value is -2.76. The van der Waals surface area contributed by atoms with Crippen molar-refractivity contribution in [1.82, 2.24) is 15.2 Å². The lowest BCUT2D eigenvalue weighted by molar-refractivity contribution is -0.0622. The Balaban J connectivity index is 1.32. The van der Waals surface area contributed by atoms with E-state index in [9.17, 15) is 10.2 Å². The minimum Gasteiger partial charge on any atom is -0.494 e. The zero-order valence-corrected chi connectivity index (χ0v) is 19.8. The molecular weight excluding hydrogens is 439 g/mol. The Morgan fingerprint density at radius 3 is 2.73 bits per heavy atom. The van der Waals surface area contributed by atoms with Crippen LogP contribution in [-0.4, -0.2) is 79.8 Å². The number of rotatable bonds is 6. The summed E-state index contributed by atoms with van der Waals surface area (Å²) >= 11 is 0. The number of H-pyrrole nitrogens is 1. The zero-order chi connectivity index (χ0) is 23.0.